The summed E-state index contributed by atoms with van der Waals surface area (Å²) < 4.78 is 5.79. The number of hydrogen-bond acceptors (Lipinski definition) is 3. The highest BCUT2D eigenvalue weighted by Crippen LogP contribution is 2.27. The first-order valence-corrected chi connectivity index (χ1v) is 9.07. The highest BCUT2D eigenvalue weighted by Gasteiger charge is 2.19. The Kier molecular flexibility index (Phi) is 5.76. The van der Waals surface area contributed by atoms with Crippen molar-refractivity contribution in [3.8, 4) is 5.75 Å². The number of nitrogens with zero attached hydrogens (tertiary/aromatic N) is 2. The van der Waals surface area contributed by atoms with Gasteiger partial charge in [0.1, 0.15) is 5.75 Å². The van der Waals surface area contributed by atoms with Crippen LogP contribution in [0.5, 0.6) is 5.75 Å². The van der Waals surface area contributed by atoms with Gasteiger partial charge in [-0.1, -0.05) is 24.3 Å². The molecule has 0 unspecified atom stereocenters. The second-order valence-corrected chi connectivity index (χ2v) is 6.35. The number of rotatable bonds is 8. The van der Waals surface area contributed by atoms with Crippen molar-refractivity contribution in [2.45, 2.75) is 33.4 Å². The van der Waals surface area contributed by atoms with E-state index in [1.165, 1.54) is 16.8 Å². The summed E-state index contributed by atoms with van der Waals surface area (Å²) in [5.74, 6) is 0.964. The molecule has 24 heavy (non-hydrogen) atoms. The van der Waals surface area contributed by atoms with Crippen molar-refractivity contribution < 1.29 is 4.74 Å². The molecule has 0 bridgehead atoms. The SMILES string of the molecule is CCN(CC)c1ccc2c(c1)CN(CCCOc1ccccc1)C2. The highest BCUT2D eigenvalue weighted by molar-refractivity contribution is 5.51. The molecule has 0 spiro atoms. The second-order valence-electron chi connectivity index (χ2n) is 6.35. The minimum Gasteiger partial charge on any atom is -0.494 e. The topological polar surface area (TPSA) is 15.7 Å². The lowest BCUT2D eigenvalue weighted by atomic mass is 10.1. The standard InChI is InChI=1S/C21H28N2O/c1-3-23(4-2)20-12-11-18-16-22(17-19(18)15-20)13-8-14-24-21-9-6-5-7-10-21/h5-7,9-12,15H,3-4,8,13-14,16-17H2,1-2H3. The summed E-state index contributed by atoms with van der Waals surface area (Å²) in [6.45, 7) is 10.6. The molecule has 0 saturated carbocycles. The molecule has 1 heterocycles. The summed E-state index contributed by atoms with van der Waals surface area (Å²) in [6, 6.07) is 17.0. The van der Waals surface area contributed by atoms with Gasteiger partial charge in [0.05, 0.1) is 6.61 Å². The maximum Gasteiger partial charge on any atom is 0.119 e. The van der Waals surface area contributed by atoms with Gasteiger partial charge in [0.15, 0.2) is 0 Å². The van der Waals surface area contributed by atoms with Crippen LogP contribution in [-0.2, 0) is 13.1 Å². The maximum atomic E-state index is 5.79. The Morgan fingerprint density at radius 3 is 2.46 bits per heavy atom. The van der Waals surface area contributed by atoms with Crippen LogP contribution in [0, 0.1) is 0 Å². The Hall–Kier alpha value is -2.00. The first-order chi connectivity index (χ1) is 11.8. The number of fused-ring (bicyclic) bond motifs is 1. The van der Waals surface area contributed by atoms with Crippen molar-refractivity contribution >= 4 is 5.69 Å². The van der Waals surface area contributed by atoms with Crippen LogP contribution in [0.1, 0.15) is 31.4 Å². The second kappa shape index (κ2) is 8.20. The van der Waals surface area contributed by atoms with Gasteiger partial charge in [0.25, 0.3) is 0 Å². The fourth-order valence-corrected chi connectivity index (χ4v) is 3.39. The Balaban J connectivity index is 1.47. The minimum atomic E-state index is 0.779. The Morgan fingerprint density at radius 1 is 0.958 bits per heavy atom. The lowest BCUT2D eigenvalue weighted by Crippen LogP contribution is -2.21. The minimum absolute atomic E-state index is 0.779. The number of para-hydroxylation sites is 1. The fraction of sp³-hybridized carbons (Fsp3) is 0.429. The van der Waals surface area contributed by atoms with E-state index in [9.17, 15) is 0 Å². The third-order valence-corrected chi connectivity index (χ3v) is 4.74. The molecule has 0 aromatic heterocycles. The van der Waals surface area contributed by atoms with Gasteiger partial charge in [0, 0.05) is 38.4 Å². The molecule has 0 saturated heterocycles. The van der Waals surface area contributed by atoms with Gasteiger partial charge in [-0.3, -0.25) is 4.90 Å². The molecule has 3 heteroatoms. The van der Waals surface area contributed by atoms with Crippen LogP contribution >= 0.6 is 0 Å². The van der Waals surface area contributed by atoms with E-state index in [4.69, 9.17) is 4.74 Å². The van der Waals surface area contributed by atoms with E-state index in [0.29, 0.717) is 0 Å². The molecule has 0 atom stereocenters. The molecule has 2 aromatic carbocycles. The Morgan fingerprint density at radius 2 is 1.71 bits per heavy atom. The molecule has 0 radical (unpaired) electrons. The van der Waals surface area contributed by atoms with Gasteiger partial charge in [-0.15, -0.1) is 0 Å². The molecule has 0 fully saturated rings. The van der Waals surface area contributed by atoms with Crippen molar-refractivity contribution in [2.75, 3.05) is 31.1 Å². The van der Waals surface area contributed by atoms with Crippen molar-refractivity contribution in [1.82, 2.24) is 4.90 Å². The van der Waals surface area contributed by atoms with Gasteiger partial charge in [-0.2, -0.15) is 0 Å². The molecule has 0 aliphatic carbocycles. The molecular weight excluding hydrogens is 296 g/mol. The van der Waals surface area contributed by atoms with E-state index in [0.717, 1.165) is 51.5 Å². The average molecular weight is 324 g/mol. The third kappa shape index (κ3) is 4.09. The average Bonchev–Trinajstić information content (AvgIpc) is 3.03. The van der Waals surface area contributed by atoms with E-state index >= 15 is 0 Å². The predicted molar refractivity (Wildman–Crippen MR) is 101 cm³/mol. The summed E-state index contributed by atoms with van der Waals surface area (Å²) in [4.78, 5) is 4.93. The number of ether oxygens (including phenoxy) is 1. The zero-order valence-corrected chi connectivity index (χ0v) is 14.9. The van der Waals surface area contributed by atoms with E-state index in [1.54, 1.807) is 0 Å². The molecule has 2 aromatic rings. The summed E-state index contributed by atoms with van der Waals surface area (Å²) >= 11 is 0. The van der Waals surface area contributed by atoms with Crippen LogP contribution < -0.4 is 9.64 Å². The summed E-state index contributed by atoms with van der Waals surface area (Å²) in [5, 5.41) is 0. The van der Waals surface area contributed by atoms with E-state index in [-0.39, 0.29) is 0 Å². The van der Waals surface area contributed by atoms with Crippen LogP contribution in [0.4, 0.5) is 5.69 Å². The number of hydrogen-bond donors (Lipinski definition) is 0. The van der Waals surface area contributed by atoms with Crippen molar-refractivity contribution in [2.24, 2.45) is 0 Å². The fourth-order valence-electron chi connectivity index (χ4n) is 3.39. The third-order valence-electron chi connectivity index (χ3n) is 4.74. The zero-order valence-electron chi connectivity index (χ0n) is 14.9. The van der Waals surface area contributed by atoms with Crippen molar-refractivity contribution in [3.05, 3.63) is 59.7 Å². The summed E-state index contributed by atoms with van der Waals surface area (Å²) in [7, 11) is 0. The number of benzene rings is 2. The normalized spacial score (nSPS) is 13.8. The zero-order chi connectivity index (χ0) is 16.8. The molecule has 1 aliphatic rings. The largest absolute Gasteiger partial charge is 0.494 e. The van der Waals surface area contributed by atoms with E-state index < -0.39 is 0 Å². The number of anilines is 1. The molecule has 3 nitrogen and oxygen atoms in total. The van der Waals surface area contributed by atoms with Crippen LogP contribution in [0.2, 0.25) is 0 Å². The van der Waals surface area contributed by atoms with Gasteiger partial charge in [-0.05, 0) is 55.7 Å². The smallest absolute Gasteiger partial charge is 0.119 e. The summed E-state index contributed by atoms with van der Waals surface area (Å²) in [5.41, 5.74) is 4.33. The van der Waals surface area contributed by atoms with Gasteiger partial charge >= 0.3 is 0 Å². The quantitative estimate of drug-likeness (QED) is 0.673. The van der Waals surface area contributed by atoms with Gasteiger partial charge in [0.2, 0.25) is 0 Å². The first kappa shape index (κ1) is 16.8. The molecule has 0 amide bonds. The van der Waals surface area contributed by atoms with Crippen LogP contribution in [-0.4, -0.2) is 31.1 Å². The Bertz CT molecular complexity index is 638. The lowest BCUT2D eigenvalue weighted by Gasteiger charge is -2.21. The summed E-state index contributed by atoms with van der Waals surface area (Å²) in [6.07, 6.45) is 1.06. The Labute approximate surface area is 145 Å². The van der Waals surface area contributed by atoms with E-state index in [2.05, 4.69) is 41.8 Å². The van der Waals surface area contributed by atoms with Gasteiger partial charge in [-0.25, -0.2) is 0 Å². The van der Waals surface area contributed by atoms with E-state index in [1.807, 2.05) is 30.3 Å². The molecule has 1 aliphatic heterocycles. The van der Waals surface area contributed by atoms with Crippen LogP contribution in [0.15, 0.2) is 48.5 Å². The monoisotopic (exact) mass is 324 g/mol. The van der Waals surface area contributed by atoms with Gasteiger partial charge < -0.3 is 9.64 Å². The lowest BCUT2D eigenvalue weighted by molar-refractivity contribution is 0.238. The van der Waals surface area contributed by atoms with Crippen molar-refractivity contribution in [1.29, 1.82) is 0 Å². The van der Waals surface area contributed by atoms with Crippen LogP contribution in [0.25, 0.3) is 0 Å². The molecule has 3 rings (SSSR count). The maximum absolute atomic E-state index is 5.79. The van der Waals surface area contributed by atoms with Crippen LogP contribution in [0.3, 0.4) is 0 Å². The molecule has 0 N–H and O–H groups in total. The highest BCUT2D eigenvalue weighted by atomic mass is 16.5. The van der Waals surface area contributed by atoms with Crippen molar-refractivity contribution in [3.63, 3.8) is 0 Å². The molecular formula is C21H28N2O. The first-order valence-electron chi connectivity index (χ1n) is 9.07. The molecule has 128 valence electrons. The predicted octanol–water partition coefficient (Wildman–Crippen LogP) is 4.32.